The predicted molar refractivity (Wildman–Crippen MR) is 154 cm³/mol. The van der Waals surface area contributed by atoms with Crippen LogP contribution in [0.4, 0.5) is 0 Å². The third-order valence-electron chi connectivity index (χ3n) is 9.51. The van der Waals surface area contributed by atoms with Gasteiger partial charge in [-0.25, -0.2) is 0 Å². The van der Waals surface area contributed by atoms with Gasteiger partial charge in [0, 0.05) is 12.4 Å². The SMILES string of the molecule is COc1ccc(C(CC(=O)N[C@@H](CC(C)C)B2O[C@@H]3C[C@H]4C[C@H](C4(C)C)[C@]3(C)O2)NC(=O)c2cccnc2)cc1. The van der Waals surface area contributed by atoms with E-state index in [1.54, 1.807) is 25.4 Å². The Kier molecular flexibility index (Phi) is 7.99. The predicted octanol–water partition coefficient (Wildman–Crippen LogP) is 4.75. The fourth-order valence-corrected chi connectivity index (χ4v) is 7.10. The standard InChI is InChI=1S/C31H42BN3O5/c1-19(2)14-27(32-39-26-16-22-15-25(30(22,3)4)31(26,5)40-32)35-28(36)17-24(20-9-11-23(38-6)12-10-20)34-29(37)21-8-7-13-33-18-21/h7-13,18-19,22,24-27H,14-17H2,1-6H3,(H,34,37)(H,35,36)/t22-,24?,25-,26-,27+,31+/m1/s1. The van der Waals surface area contributed by atoms with Gasteiger partial charge in [0.05, 0.1) is 42.8 Å². The number of aromatic nitrogens is 1. The maximum absolute atomic E-state index is 13.6. The number of pyridine rings is 1. The monoisotopic (exact) mass is 547 g/mol. The summed E-state index contributed by atoms with van der Waals surface area (Å²) in [5, 5.41) is 6.25. The minimum atomic E-state index is -0.545. The molecule has 0 radical (unpaired) electrons. The van der Waals surface area contributed by atoms with Gasteiger partial charge < -0.3 is 24.7 Å². The molecule has 214 valence electrons. The molecule has 2 bridgehead atoms. The van der Waals surface area contributed by atoms with Crippen LogP contribution >= 0.6 is 0 Å². The van der Waals surface area contributed by atoms with Gasteiger partial charge in [-0.1, -0.05) is 39.8 Å². The molecule has 40 heavy (non-hydrogen) atoms. The van der Waals surface area contributed by atoms with Crippen molar-refractivity contribution in [3.8, 4) is 5.75 Å². The zero-order valence-electron chi connectivity index (χ0n) is 24.5. The second kappa shape index (κ2) is 11.2. The van der Waals surface area contributed by atoms with E-state index in [1.807, 2.05) is 24.3 Å². The quantitative estimate of drug-likeness (QED) is 0.417. The first-order chi connectivity index (χ1) is 19.0. The first kappa shape index (κ1) is 28.6. The number of carbonyl (C=O) groups excluding carboxylic acids is 2. The maximum Gasteiger partial charge on any atom is 0.481 e. The molecule has 1 aliphatic heterocycles. The molecule has 6 rings (SSSR count). The first-order valence-corrected chi connectivity index (χ1v) is 14.5. The molecule has 1 saturated heterocycles. The molecule has 2 aromatic rings. The highest BCUT2D eigenvalue weighted by Gasteiger charge is 2.68. The molecule has 1 aromatic heterocycles. The van der Waals surface area contributed by atoms with Gasteiger partial charge in [-0.2, -0.15) is 0 Å². The fraction of sp³-hybridized carbons (Fsp3) is 0.581. The molecule has 1 aromatic carbocycles. The van der Waals surface area contributed by atoms with Gasteiger partial charge in [-0.05, 0) is 79.2 Å². The van der Waals surface area contributed by atoms with E-state index in [1.165, 1.54) is 12.6 Å². The van der Waals surface area contributed by atoms with Crippen LogP contribution in [0.3, 0.4) is 0 Å². The molecule has 2 amide bonds. The number of ether oxygens (including phenoxy) is 1. The Labute approximate surface area is 238 Å². The Bertz CT molecular complexity index is 1210. The fourth-order valence-electron chi connectivity index (χ4n) is 7.10. The minimum Gasteiger partial charge on any atom is -0.497 e. The van der Waals surface area contributed by atoms with Crippen molar-refractivity contribution in [2.45, 2.75) is 84.0 Å². The van der Waals surface area contributed by atoms with Crippen LogP contribution in [0.1, 0.15) is 82.3 Å². The van der Waals surface area contributed by atoms with Crippen LogP contribution in [0.2, 0.25) is 0 Å². The lowest BCUT2D eigenvalue weighted by atomic mass is 9.43. The first-order valence-electron chi connectivity index (χ1n) is 14.5. The van der Waals surface area contributed by atoms with Gasteiger partial charge in [-0.3, -0.25) is 14.6 Å². The average Bonchev–Trinajstić information content (AvgIpc) is 3.30. The maximum atomic E-state index is 13.6. The molecule has 9 heteroatoms. The molecular weight excluding hydrogens is 505 g/mol. The zero-order valence-corrected chi connectivity index (χ0v) is 24.5. The van der Waals surface area contributed by atoms with E-state index in [-0.39, 0.29) is 41.3 Å². The van der Waals surface area contributed by atoms with Crippen LogP contribution in [0, 0.1) is 23.2 Å². The van der Waals surface area contributed by atoms with E-state index in [9.17, 15) is 9.59 Å². The van der Waals surface area contributed by atoms with Crippen LogP contribution in [0.5, 0.6) is 5.75 Å². The third-order valence-corrected chi connectivity index (χ3v) is 9.51. The molecule has 3 aliphatic carbocycles. The molecule has 3 saturated carbocycles. The number of rotatable bonds is 10. The largest absolute Gasteiger partial charge is 0.497 e. The van der Waals surface area contributed by atoms with E-state index >= 15 is 0 Å². The molecule has 8 nitrogen and oxygen atoms in total. The summed E-state index contributed by atoms with van der Waals surface area (Å²) in [6.07, 6.45) is 6.15. The van der Waals surface area contributed by atoms with Gasteiger partial charge in [-0.15, -0.1) is 0 Å². The lowest BCUT2D eigenvalue weighted by molar-refractivity contribution is -0.199. The van der Waals surface area contributed by atoms with Crippen LogP contribution in [-0.2, 0) is 14.1 Å². The van der Waals surface area contributed by atoms with Crippen molar-refractivity contribution < 1.29 is 23.6 Å². The molecule has 6 atom stereocenters. The number of carbonyl (C=O) groups is 2. The van der Waals surface area contributed by atoms with Crippen molar-refractivity contribution in [2.24, 2.45) is 23.2 Å². The molecule has 4 aliphatic rings. The Morgan fingerprint density at radius 3 is 2.50 bits per heavy atom. The van der Waals surface area contributed by atoms with Crippen molar-refractivity contribution in [3.63, 3.8) is 0 Å². The second-order valence-electron chi connectivity index (χ2n) is 12.9. The van der Waals surface area contributed by atoms with E-state index in [0.717, 1.165) is 18.4 Å². The highest BCUT2D eigenvalue weighted by molar-refractivity contribution is 6.47. The smallest absolute Gasteiger partial charge is 0.481 e. The van der Waals surface area contributed by atoms with Gasteiger partial charge in [0.15, 0.2) is 0 Å². The molecule has 2 heterocycles. The van der Waals surface area contributed by atoms with Crippen molar-refractivity contribution in [1.82, 2.24) is 15.6 Å². The number of nitrogens with one attached hydrogen (secondary N) is 2. The number of hydrogen-bond donors (Lipinski definition) is 2. The lowest BCUT2D eigenvalue weighted by Crippen LogP contribution is -2.65. The zero-order chi connectivity index (χ0) is 28.7. The summed E-state index contributed by atoms with van der Waals surface area (Å²) in [7, 11) is 1.11. The Morgan fingerprint density at radius 2 is 1.88 bits per heavy atom. The number of nitrogens with zero attached hydrogens (tertiary/aromatic N) is 1. The van der Waals surface area contributed by atoms with Crippen LogP contribution in [0.15, 0.2) is 48.8 Å². The molecule has 4 fully saturated rings. The summed E-state index contributed by atoms with van der Waals surface area (Å²) in [6, 6.07) is 10.3. The summed E-state index contributed by atoms with van der Waals surface area (Å²) in [4.78, 5) is 30.7. The summed E-state index contributed by atoms with van der Waals surface area (Å²) in [5.74, 6) is 1.39. The summed E-state index contributed by atoms with van der Waals surface area (Å²) in [5.41, 5.74) is 1.15. The third kappa shape index (κ3) is 5.50. The van der Waals surface area contributed by atoms with Gasteiger partial charge in [0.1, 0.15) is 5.75 Å². The number of amides is 2. The van der Waals surface area contributed by atoms with Gasteiger partial charge in [0.2, 0.25) is 5.91 Å². The molecular formula is C31H42BN3O5. The minimum absolute atomic E-state index is 0.0478. The van der Waals surface area contributed by atoms with Crippen LogP contribution < -0.4 is 15.4 Å². The Hall–Kier alpha value is -2.91. The summed E-state index contributed by atoms with van der Waals surface area (Å²) < 4.78 is 18.5. The van der Waals surface area contributed by atoms with E-state index in [0.29, 0.717) is 29.1 Å². The highest BCUT2D eigenvalue weighted by Crippen LogP contribution is 2.65. The van der Waals surface area contributed by atoms with Crippen molar-refractivity contribution >= 4 is 18.9 Å². The van der Waals surface area contributed by atoms with E-state index in [2.05, 4.69) is 50.2 Å². The van der Waals surface area contributed by atoms with Gasteiger partial charge in [0.25, 0.3) is 5.91 Å². The Morgan fingerprint density at radius 1 is 1.12 bits per heavy atom. The van der Waals surface area contributed by atoms with Crippen molar-refractivity contribution in [3.05, 3.63) is 59.9 Å². The van der Waals surface area contributed by atoms with E-state index < -0.39 is 13.2 Å². The van der Waals surface area contributed by atoms with Crippen LogP contribution in [-0.4, -0.2) is 48.7 Å². The average molecular weight is 548 g/mol. The van der Waals surface area contributed by atoms with Crippen molar-refractivity contribution in [2.75, 3.05) is 7.11 Å². The van der Waals surface area contributed by atoms with Crippen LogP contribution in [0.25, 0.3) is 0 Å². The summed E-state index contributed by atoms with van der Waals surface area (Å²) in [6.45, 7) is 11.2. The number of benzene rings is 1. The number of methoxy groups -OCH3 is 1. The normalized spacial score (nSPS) is 27.8. The van der Waals surface area contributed by atoms with Gasteiger partial charge >= 0.3 is 7.12 Å². The van der Waals surface area contributed by atoms with E-state index in [4.69, 9.17) is 14.0 Å². The molecule has 2 N–H and O–H groups in total. The summed E-state index contributed by atoms with van der Waals surface area (Å²) >= 11 is 0. The second-order valence-corrected chi connectivity index (χ2v) is 12.9. The molecule has 0 spiro atoms. The van der Waals surface area contributed by atoms with Crippen molar-refractivity contribution in [1.29, 1.82) is 0 Å². The molecule has 1 unspecified atom stereocenters. The number of hydrogen-bond acceptors (Lipinski definition) is 6. The Balaban J connectivity index is 1.31. The topological polar surface area (TPSA) is 98.8 Å². The lowest BCUT2D eigenvalue weighted by Gasteiger charge is -2.64. The highest BCUT2D eigenvalue weighted by atomic mass is 16.7.